The molecule has 4 aliphatic rings. The number of nitrogens with zero attached hydrogens (tertiary/aromatic N) is 8. The van der Waals surface area contributed by atoms with Crippen LogP contribution < -0.4 is 29.9 Å². The molecule has 93 heavy (non-hydrogen) atoms. The van der Waals surface area contributed by atoms with Crippen LogP contribution in [0.3, 0.4) is 0 Å². The maximum Gasteiger partial charge on any atom is 0.811 e. The van der Waals surface area contributed by atoms with E-state index >= 15 is 0 Å². The van der Waals surface area contributed by atoms with Gasteiger partial charge in [-0.1, -0.05) is 250 Å². The second-order valence-electron chi connectivity index (χ2n) is 28.2. The van der Waals surface area contributed by atoms with Crippen molar-refractivity contribution < 1.29 is 22.7 Å². The van der Waals surface area contributed by atoms with Crippen LogP contribution in [0.2, 0.25) is 0 Å². The van der Waals surface area contributed by atoms with E-state index in [0.717, 1.165) is 60.5 Å². The summed E-state index contributed by atoms with van der Waals surface area (Å²) in [5, 5.41) is 3.07. The van der Waals surface area contributed by atoms with Gasteiger partial charge in [-0.3, -0.25) is 0 Å². The topological polar surface area (TPSA) is 130 Å². The SMILES string of the molecule is CC(C)C(Oc1cccc2c1C1=NC2=Nc2c3c(OC(C(C)C)C(C)C)cccc3c3[n]2[Al]([O]C(c2ccccc2)(c2ccccc2)c2ccccc2)[n]2c(c4cccc(OC(C(C)C)C(C)C)c4c2=NC2=NC(=N3)c3c(OC(C(C)C)C(C)C)cccc32)=N1)C(C)C. The van der Waals surface area contributed by atoms with Crippen molar-refractivity contribution in [3.63, 3.8) is 0 Å². The first kappa shape index (κ1) is 63.4. The van der Waals surface area contributed by atoms with Crippen LogP contribution in [0, 0.1) is 47.3 Å². The van der Waals surface area contributed by atoms with Crippen LogP contribution in [0.4, 0.5) is 11.6 Å². The zero-order chi connectivity index (χ0) is 65.3. The molecule has 13 rings (SSSR count). The van der Waals surface area contributed by atoms with Crippen molar-refractivity contribution in [1.29, 1.82) is 0 Å². The molecule has 0 radical (unpaired) electrons. The standard InChI is InChI=1S/C60H72N8O4.C19H15O.Al/c1-29(2)49(30(3)4)69-41-25-17-21-37-45(41)57-61-53(37)66-58-47-39(23-19-27-43(47)71-51(33(9)10)34(11)12)55(63-58)68-60-48-40(24-20-28-44(48)72-52(35(13)14)36(15)16)56(64-60)67-59-46-38(54(62-59)65-57)22-18-26-42(46)70-50(31(5)6)32(7)8;20-19(16-10-4-1-5-11-16,17-12-6-2-7-13-17)18-14-8-3-9-15-18;/h17-36,49-52H,1-16H3;1-15H;/q-2;-1;+3. The van der Waals surface area contributed by atoms with Gasteiger partial charge in [-0.05, 0) is 88.3 Å². The van der Waals surface area contributed by atoms with Gasteiger partial charge in [0.05, 0.1) is 21.9 Å². The van der Waals surface area contributed by atoms with Gasteiger partial charge >= 0.3 is 14.9 Å². The molecular weight excluding hydrogens is 1170 g/mol. The second-order valence-corrected chi connectivity index (χ2v) is 30.1. The van der Waals surface area contributed by atoms with Gasteiger partial charge in [0.25, 0.3) is 0 Å². The fourth-order valence-corrected chi connectivity index (χ4v) is 17.5. The molecule has 9 aromatic rings. The average Bonchev–Trinajstić information content (AvgIpc) is 1.58. The molecular formula is C79H87AlN8O5. The summed E-state index contributed by atoms with van der Waals surface area (Å²) in [4.78, 5) is 35.4. The van der Waals surface area contributed by atoms with Gasteiger partial charge in [-0.25, -0.2) is 30.0 Å². The summed E-state index contributed by atoms with van der Waals surface area (Å²) in [5.74, 6) is 7.00. The molecule has 476 valence electrons. The van der Waals surface area contributed by atoms with Crippen molar-refractivity contribution in [1.82, 2.24) is 7.10 Å². The maximum absolute atomic E-state index is 8.92. The third-order valence-electron chi connectivity index (χ3n) is 18.7. The largest absolute Gasteiger partial charge is 0.811 e. The van der Waals surface area contributed by atoms with Crippen LogP contribution in [0.5, 0.6) is 23.0 Å². The van der Waals surface area contributed by atoms with Crippen molar-refractivity contribution in [2.75, 3.05) is 0 Å². The van der Waals surface area contributed by atoms with Crippen molar-refractivity contribution in [3.8, 4) is 23.0 Å². The molecule has 4 aliphatic heterocycles. The smallest absolute Gasteiger partial charge is 0.489 e. The van der Waals surface area contributed by atoms with Gasteiger partial charge in [-0.15, -0.1) is 0 Å². The van der Waals surface area contributed by atoms with Crippen molar-refractivity contribution in [2.24, 2.45) is 77.3 Å². The quantitative estimate of drug-likeness (QED) is 0.0522. The molecule has 7 aromatic carbocycles. The third-order valence-corrected chi connectivity index (χ3v) is 21.1. The first-order chi connectivity index (χ1) is 44.7. The molecule has 2 aromatic heterocycles. The number of aromatic nitrogens is 2. The van der Waals surface area contributed by atoms with Crippen molar-refractivity contribution in [3.05, 3.63) is 214 Å². The highest BCUT2D eigenvalue weighted by Crippen LogP contribution is 2.50. The molecule has 0 fully saturated rings. The first-order valence-corrected chi connectivity index (χ1v) is 35.2. The van der Waals surface area contributed by atoms with Gasteiger partial charge in [0.2, 0.25) is 0 Å². The van der Waals surface area contributed by atoms with Gasteiger partial charge in [0, 0.05) is 21.9 Å². The lowest BCUT2D eigenvalue weighted by Crippen LogP contribution is -2.53. The van der Waals surface area contributed by atoms with E-state index < -0.39 is 20.5 Å². The second kappa shape index (κ2) is 25.5. The monoisotopic (exact) mass is 1250 g/mol. The molecule has 13 nitrogen and oxygen atoms in total. The Labute approximate surface area is 552 Å². The summed E-state index contributed by atoms with van der Waals surface area (Å²) in [5.41, 5.74) is 5.59. The van der Waals surface area contributed by atoms with Gasteiger partial charge < -0.3 is 29.8 Å². The molecule has 0 N–H and O–H groups in total. The summed E-state index contributed by atoms with van der Waals surface area (Å²) < 4.78 is 43.0. The van der Waals surface area contributed by atoms with Gasteiger partial charge in [0.15, 0.2) is 23.3 Å². The highest BCUT2D eigenvalue weighted by atomic mass is 27.2. The summed E-state index contributed by atoms with van der Waals surface area (Å²) >= 11 is -3.84. The van der Waals surface area contributed by atoms with E-state index in [1.54, 1.807) is 0 Å². The van der Waals surface area contributed by atoms with E-state index in [1.165, 1.54) is 0 Å². The predicted octanol–water partition coefficient (Wildman–Crippen LogP) is 17.2. The van der Waals surface area contributed by atoms with Gasteiger partial charge in [-0.2, -0.15) is 0 Å². The number of amidine groups is 4. The molecule has 6 heterocycles. The van der Waals surface area contributed by atoms with E-state index in [4.69, 9.17) is 52.7 Å². The fraction of sp³-hybridized carbons (Fsp3) is 0.367. The number of benzene rings is 7. The van der Waals surface area contributed by atoms with E-state index in [1.807, 2.05) is 24.3 Å². The summed E-state index contributed by atoms with van der Waals surface area (Å²) in [7, 11) is 0. The Kier molecular flexibility index (Phi) is 17.4. The highest BCUT2D eigenvalue weighted by Gasteiger charge is 2.51. The zero-order valence-electron chi connectivity index (χ0n) is 56.7. The number of ether oxygens (including phenoxy) is 4. The number of hydrogen-bond donors (Lipinski definition) is 0. The third kappa shape index (κ3) is 11.2. The van der Waals surface area contributed by atoms with Crippen LogP contribution in [-0.2, 0) is 9.39 Å². The summed E-state index contributed by atoms with van der Waals surface area (Å²) in [6.07, 6.45) is -0.615. The van der Waals surface area contributed by atoms with E-state index in [9.17, 15) is 0 Å². The van der Waals surface area contributed by atoms with Crippen molar-refractivity contribution >= 4 is 71.4 Å². The predicted molar refractivity (Wildman–Crippen MR) is 378 cm³/mol. The minimum Gasteiger partial charge on any atom is -0.489 e. The molecule has 0 atom stereocenters. The Morgan fingerprint density at radius 2 is 0.667 bits per heavy atom. The number of hydrogen-bond acceptors (Lipinski definition) is 11. The molecule has 0 unspecified atom stereocenters. The Morgan fingerprint density at radius 1 is 0.312 bits per heavy atom. The van der Waals surface area contributed by atoms with Gasteiger partial charge in [0.1, 0.15) is 75.6 Å². The first-order valence-electron chi connectivity index (χ1n) is 33.7. The minimum atomic E-state index is -3.84. The van der Waals surface area contributed by atoms with Crippen molar-refractivity contribution in [2.45, 2.75) is 141 Å². The Morgan fingerprint density at radius 3 is 1.12 bits per heavy atom. The Bertz CT molecular complexity index is 4430. The lowest BCUT2D eigenvalue weighted by atomic mass is 9.80. The Hall–Kier alpha value is -8.41. The summed E-state index contributed by atoms with van der Waals surface area (Å²) in [6.45, 7) is 35.5. The molecule has 0 spiro atoms. The molecule has 0 saturated heterocycles. The minimum absolute atomic E-state index is 0.128. The number of fused-ring (bicyclic) bond motifs is 14. The fourth-order valence-electron chi connectivity index (χ4n) is 14.8. The molecule has 0 aliphatic carbocycles. The highest BCUT2D eigenvalue weighted by molar-refractivity contribution is 6.52. The number of rotatable bonds is 21. The maximum atomic E-state index is 8.92. The van der Waals surface area contributed by atoms with Crippen LogP contribution >= 0.6 is 0 Å². The molecule has 6 bridgehead atoms. The zero-order valence-corrected chi connectivity index (χ0v) is 57.9. The Balaban J connectivity index is 1.29. The lowest BCUT2D eigenvalue weighted by molar-refractivity contribution is 0.105. The molecule has 0 amide bonds. The van der Waals surface area contributed by atoms with Crippen LogP contribution in [0.1, 0.15) is 150 Å². The average molecular weight is 1260 g/mol. The van der Waals surface area contributed by atoms with E-state index in [2.05, 4.69) is 257 Å². The molecule has 0 saturated carbocycles. The normalized spacial score (nSPS) is 14.3. The van der Waals surface area contributed by atoms with E-state index in [-0.39, 0.29) is 71.8 Å². The lowest BCUT2D eigenvalue weighted by Gasteiger charge is -2.39. The van der Waals surface area contributed by atoms with Crippen LogP contribution in [-0.4, -0.2) is 69.8 Å². The number of aliphatic imine (C=N–C) groups is 4. The van der Waals surface area contributed by atoms with Crippen LogP contribution in [0.15, 0.2) is 194 Å². The summed E-state index contributed by atoms with van der Waals surface area (Å²) in [6, 6.07) is 56.7. The van der Waals surface area contributed by atoms with Crippen LogP contribution in [0.25, 0.3) is 21.5 Å². The molecule has 14 heteroatoms. The van der Waals surface area contributed by atoms with E-state index in [0.29, 0.717) is 69.0 Å².